The van der Waals surface area contributed by atoms with Gasteiger partial charge in [-0.05, 0) is 49.6 Å². The lowest BCUT2D eigenvalue weighted by molar-refractivity contribution is -0.127. The number of ether oxygens (including phenoxy) is 1. The number of H-pyrrole nitrogens is 1. The van der Waals surface area contributed by atoms with Crippen LogP contribution in [-0.4, -0.2) is 63.2 Å². The highest BCUT2D eigenvalue weighted by molar-refractivity contribution is 6.01. The zero-order chi connectivity index (χ0) is 27.9. The molecule has 2 aliphatic heterocycles. The van der Waals surface area contributed by atoms with E-state index in [1.165, 1.54) is 35.2 Å². The number of hydrogen-bond acceptors (Lipinski definition) is 6. The van der Waals surface area contributed by atoms with E-state index >= 15 is 0 Å². The molecule has 0 saturated carbocycles. The average molecular weight is 543 g/mol. The van der Waals surface area contributed by atoms with Crippen molar-refractivity contribution in [2.75, 3.05) is 31.6 Å². The fourth-order valence-electron chi connectivity index (χ4n) is 5.71. The molecule has 2 aromatic carbocycles. The van der Waals surface area contributed by atoms with E-state index in [0.29, 0.717) is 50.3 Å². The number of nitrogens with one attached hydrogen (secondary N) is 1. The molecule has 40 heavy (non-hydrogen) atoms. The van der Waals surface area contributed by atoms with Crippen LogP contribution in [0, 0.1) is 11.2 Å². The Kier molecular flexibility index (Phi) is 6.41. The summed E-state index contributed by atoms with van der Waals surface area (Å²) in [4.78, 5) is 46.0. The van der Waals surface area contributed by atoms with Gasteiger partial charge in [0.25, 0.3) is 11.5 Å². The van der Waals surface area contributed by atoms with Crippen molar-refractivity contribution in [3.63, 3.8) is 0 Å². The van der Waals surface area contributed by atoms with E-state index < -0.39 is 22.7 Å². The summed E-state index contributed by atoms with van der Waals surface area (Å²) in [5, 5.41) is 6.79. The Labute approximate surface area is 229 Å². The summed E-state index contributed by atoms with van der Waals surface area (Å²) >= 11 is 0. The first-order valence-corrected chi connectivity index (χ1v) is 13.0. The quantitative estimate of drug-likeness (QED) is 0.414. The fourth-order valence-corrected chi connectivity index (χ4v) is 5.71. The molecular weight excluding hydrogens is 515 g/mol. The number of aromatic nitrogens is 4. The third-order valence-electron chi connectivity index (χ3n) is 8.01. The standard InChI is InChI=1S/C29H27FN6O4/c1-40-25-15-21(2-4-22(25)19-16-32-33-17-19)36-12-8-29(28(36)39)6-10-34(11-7-29)27(38)23-5-3-20(14-24(23)30)35-13-9-31-18-26(35)37/h2-5,9,13-18H,6-8,10-12H2,1H3,(H,32,33). The molecular formula is C29H27FN6O4. The maximum absolute atomic E-state index is 15.0. The van der Waals surface area contributed by atoms with Gasteiger partial charge >= 0.3 is 0 Å². The van der Waals surface area contributed by atoms with Crippen molar-refractivity contribution >= 4 is 17.5 Å². The molecule has 204 valence electrons. The minimum absolute atomic E-state index is 0.0380. The number of aromatic amines is 1. The first-order valence-electron chi connectivity index (χ1n) is 13.0. The molecule has 0 aliphatic carbocycles. The van der Waals surface area contributed by atoms with Gasteiger partial charge in [0.2, 0.25) is 5.91 Å². The molecule has 2 saturated heterocycles. The number of methoxy groups -OCH3 is 1. The van der Waals surface area contributed by atoms with Gasteiger partial charge in [0.1, 0.15) is 11.6 Å². The molecule has 0 unspecified atom stereocenters. The molecule has 1 spiro atoms. The second-order valence-corrected chi connectivity index (χ2v) is 10.1. The number of amides is 2. The topological polar surface area (TPSA) is 113 Å². The highest BCUT2D eigenvalue weighted by Gasteiger charge is 2.49. The van der Waals surface area contributed by atoms with Crippen LogP contribution in [0.15, 0.2) is 72.2 Å². The van der Waals surface area contributed by atoms with E-state index in [1.54, 1.807) is 29.3 Å². The predicted octanol–water partition coefficient (Wildman–Crippen LogP) is 3.43. The Morgan fingerprint density at radius 2 is 1.80 bits per heavy atom. The molecule has 1 N–H and O–H groups in total. The maximum atomic E-state index is 15.0. The molecule has 10 nitrogen and oxygen atoms in total. The Morgan fingerprint density at radius 3 is 2.50 bits per heavy atom. The monoisotopic (exact) mass is 542 g/mol. The molecule has 2 fully saturated rings. The molecule has 2 aliphatic rings. The maximum Gasteiger partial charge on any atom is 0.273 e. The summed E-state index contributed by atoms with van der Waals surface area (Å²) < 4.78 is 21.8. The first kappa shape index (κ1) is 25.5. The zero-order valence-electron chi connectivity index (χ0n) is 21.8. The first-order chi connectivity index (χ1) is 19.4. The van der Waals surface area contributed by atoms with Gasteiger partial charge < -0.3 is 14.5 Å². The minimum atomic E-state index is -0.706. The van der Waals surface area contributed by atoms with Gasteiger partial charge in [-0.15, -0.1) is 0 Å². The lowest BCUT2D eigenvalue weighted by Gasteiger charge is -2.38. The van der Waals surface area contributed by atoms with E-state index in [4.69, 9.17) is 4.74 Å². The third kappa shape index (κ3) is 4.33. The van der Waals surface area contributed by atoms with Crippen LogP contribution in [0.3, 0.4) is 0 Å². The number of rotatable bonds is 5. The van der Waals surface area contributed by atoms with Crippen LogP contribution < -0.4 is 15.2 Å². The van der Waals surface area contributed by atoms with Gasteiger partial charge in [0, 0.05) is 61.1 Å². The van der Waals surface area contributed by atoms with Gasteiger partial charge in [-0.3, -0.25) is 29.0 Å². The van der Waals surface area contributed by atoms with Crippen LogP contribution in [0.25, 0.3) is 16.8 Å². The smallest absolute Gasteiger partial charge is 0.273 e. The van der Waals surface area contributed by atoms with E-state index in [1.807, 2.05) is 18.2 Å². The van der Waals surface area contributed by atoms with Crippen LogP contribution in [0.4, 0.5) is 10.1 Å². The molecule has 0 atom stereocenters. The molecule has 0 radical (unpaired) electrons. The van der Waals surface area contributed by atoms with Crippen molar-refractivity contribution in [3.05, 3.63) is 89.1 Å². The summed E-state index contributed by atoms with van der Waals surface area (Å²) in [6.45, 7) is 1.28. The number of piperidine rings is 1. The van der Waals surface area contributed by atoms with Crippen LogP contribution in [0.2, 0.25) is 0 Å². The van der Waals surface area contributed by atoms with Gasteiger partial charge in [-0.1, -0.05) is 0 Å². The fraction of sp³-hybridized carbons (Fsp3) is 0.276. The lowest BCUT2D eigenvalue weighted by Crippen LogP contribution is -2.46. The van der Waals surface area contributed by atoms with Gasteiger partial charge in [0.15, 0.2) is 0 Å². The lowest BCUT2D eigenvalue weighted by atomic mass is 9.77. The van der Waals surface area contributed by atoms with Crippen LogP contribution in [-0.2, 0) is 4.79 Å². The second kappa shape index (κ2) is 10.1. The summed E-state index contributed by atoms with van der Waals surface area (Å²) in [6, 6.07) is 9.80. The molecule has 2 aromatic heterocycles. The Balaban J connectivity index is 1.15. The highest BCUT2D eigenvalue weighted by Crippen LogP contribution is 2.44. The Bertz CT molecular complexity index is 1640. The summed E-state index contributed by atoms with van der Waals surface area (Å²) in [5.41, 5.74) is 1.82. The number of carbonyl (C=O) groups excluding carboxylic acids is 2. The number of hydrogen-bond donors (Lipinski definition) is 1. The molecule has 6 rings (SSSR count). The summed E-state index contributed by atoms with van der Waals surface area (Å²) in [5.74, 6) is -0.448. The highest BCUT2D eigenvalue weighted by atomic mass is 19.1. The average Bonchev–Trinajstić information content (AvgIpc) is 3.62. The number of benzene rings is 2. The van der Waals surface area contributed by atoms with Gasteiger partial charge in [0.05, 0.1) is 36.2 Å². The van der Waals surface area contributed by atoms with Crippen LogP contribution >= 0.6 is 0 Å². The number of likely N-dealkylation sites (tertiary alicyclic amines) is 1. The van der Waals surface area contributed by atoms with E-state index in [-0.39, 0.29) is 11.5 Å². The van der Waals surface area contributed by atoms with Crippen molar-refractivity contribution in [2.24, 2.45) is 5.41 Å². The van der Waals surface area contributed by atoms with E-state index in [2.05, 4.69) is 15.2 Å². The largest absolute Gasteiger partial charge is 0.496 e. The van der Waals surface area contributed by atoms with Crippen molar-refractivity contribution in [1.29, 1.82) is 0 Å². The normalized spacial score (nSPS) is 16.5. The van der Waals surface area contributed by atoms with E-state index in [0.717, 1.165) is 23.0 Å². The number of nitrogens with zero attached hydrogens (tertiary/aromatic N) is 5. The summed E-state index contributed by atoms with van der Waals surface area (Å²) in [7, 11) is 1.60. The van der Waals surface area contributed by atoms with Gasteiger partial charge in [-0.25, -0.2) is 4.39 Å². The van der Waals surface area contributed by atoms with Crippen molar-refractivity contribution < 1.29 is 18.7 Å². The number of halogens is 1. The van der Waals surface area contributed by atoms with E-state index in [9.17, 15) is 18.8 Å². The van der Waals surface area contributed by atoms with Crippen molar-refractivity contribution in [2.45, 2.75) is 19.3 Å². The van der Waals surface area contributed by atoms with Crippen molar-refractivity contribution in [1.82, 2.24) is 24.6 Å². The zero-order valence-corrected chi connectivity index (χ0v) is 21.8. The van der Waals surface area contributed by atoms with Crippen LogP contribution in [0.5, 0.6) is 5.75 Å². The molecule has 2 amide bonds. The molecule has 4 heterocycles. The minimum Gasteiger partial charge on any atom is -0.496 e. The molecule has 4 aromatic rings. The third-order valence-corrected chi connectivity index (χ3v) is 8.01. The molecule has 11 heteroatoms. The SMILES string of the molecule is COc1cc(N2CCC3(CCN(C(=O)c4ccc(-n5ccncc5=O)cc4F)CC3)C2=O)ccc1-c1cn[nH]c1. The number of carbonyl (C=O) groups is 2. The predicted molar refractivity (Wildman–Crippen MR) is 145 cm³/mol. The second-order valence-electron chi connectivity index (χ2n) is 10.1. The van der Waals surface area contributed by atoms with Gasteiger partial charge in [-0.2, -0.15) is 5.10 Å². The van der Waals surface area contributed by atoms with Crippen molar-refractivity contribution in [3.8, 4) is 22.6 Å². The summed E-state index contributed by atoms with van der Waals surface area (Å²) in [6.07, 6.45) is 9.20. The Morgan fingerprint density at radius 1 is 1.02 bits per heavy atom. The number of anilines is 1. The van der Waals surface area contributed by atoms with Crippen LogP contribution in [0.1, 0.15) is 29.6 Å². The Hall–Kier alpha value is -4.80. The molecule has 0 bridgehead atoms.